The summed E-state index contributed by atoms with van der Waals surface area (Å²) >= 11 is 0. The number of nitrogens with zero attached hydrogens (tertiary/aromatic N) is 3. The summed E-state index contributed by atoms with van der Waals surface area (Å²) in [5.41, 5.74) is 1.56. The molecule has 0 unspecified atom stereocenters. The standard InChI is InChI=1S/C14H18N4O2S/c1-18(2)13-8-9-15-14(17-13)16-12-6-4-11(5-7-12)10-21(3,19)20/h4-9H,10H2,1-3H3,(H,15,16,17). The fourth-order valence-electron chi connectivity index (χ4n) is 1.77. The fourth-order valence-corrected chi connectivity index (χ4v) is 2.57. The summed E-state index contributed by atoms with van der Waals surface area (Å²) in [6, 6.07) is 9.00. The van der Waals surface area contributed by atoms with E-state index in [1.807, 2.05) is 37.2 Å². The fraction of sp³-hybridized carbons (Fsp3) is 0.286. The molecule has 1 N–H and O–H groups in total. The third-order valence-electron chi connectivity index (χ3n) is 2.74. The molecule has 0 aliphatic carbocycles. The van der Waals surface area contributed by atoms with E-state index in [-0.39, 0.29) is 5.75 Å². The Morgan fingerprint density at radius 1 is 1.14 bits per heavy atom. The molecule has 2 aromatic rings. The Kier molecular flexibility index (Phi) is 4.42. The molecule has 1 heterocycles. The van der Waals surface area contributed by atoms with Gasteiger partial charge in [0.15, 0.2) is 9.84 Å². The van der Waals surface area contributed by atoms with Crippen molar-refractivity contribution in [1.82, 2.24) is 9.97 Å². The second-order valence-corrected chi connectivity index (χ2v) is 7.17. The van der Waals surface area contributed by atoms with Crippen LogP contribution in [0.25, 0.3) is 0 Å². The van der Waals surface area contributed by atoms with E-state index in [0.717, 1.165) is 17.1 Å². The Morgan fingerprint density at radius 2 is 1.81 bits per heavy atom. The lowest BCUT2D eigenvalue weighted by molar-refractivity contribution is 0.601. The van der Waals surface area contributed by atoms with Gasteiger partial charge in [-0.1, -0.05) is 12.1 Å². The molecule has 0 aliphatic heterocycles. The van der Waals surface area contributed by atoms with Crippen LogP contribution in [-0.4, -0.2) is 38.7 Å². The highest BCUT2D eigenvalue weighted by Gasteiger charge is 2.05. The van der Waals surface area contributed by atoms with Crippen molar-refractivity contribution in [3.8, 4) is 0 Å². The van der Waals surface area contributed by atoms with Gasteiger partial charge in [-0.3, -0.25) is 0 Å². The molecule has 0 fully saturated rings. The van der Waals surface area contributed by atoms with Crippen LogP contribution in [0.5, 0.6) is 0 Å². The predicted octanol–water partition coefficient (Wildman–Crippen LogP) is 1.83. The van der Waals surface area contributed by atoms with Crippen LogP contribution >= 0.6 is 0 Å². The van der Waals surface area contributed by atoms with Crippen molar-refractivity contribution in [2.75, 3.05) is 30.6 Å². The third-order valence-corrected chi connectivity index (χ3v) is 3.60. The summed E-state index contributed by atoms with van der Waals surface area (Å²) in [7, 11) is 0.803. The number of hydrogen-bond acceptors (Lipinski definition) is 6. The Bertz CT molecular complexity index is 712. The van der Waals surface area contributed by atoms with Crippen molar-refractivity contribution >= 4 is 27.3 Å². The molecule has 0 bridgehead atoms. The van der Waals surface area contributed by atoms with Gasteiger partial charge >= 0.3 is 0 Å². The van der Waals surface area contributed by atoms with Crippen LogP contribution in [0.4, 0.5) is 17.5 Å². The summed E-state index contributed by atoms with van der Waals surface area (Å²) in [4.78, 5) is 10.4. The molecule has 1 aromatic carbocycles. The zero-order valence-corrected chi connectivity index (χ0v) is 13.1. The van der Waals surface area contributed by atoms with Crippen LogP contribution in [-0.2, 0) is 15.6 Å². The summed E-state index contributed by atoms with van der Waals surface area (Å²) in [5.74, 6) is 1.35. The molecule has 0 aliphatic rings. The maximum Gasteiger partial charge on any atom is 0.229 e. The van der Waals surface area contributed by atoms with Gasteiger partial charge in [-0.2, -0.15) is 4.98 Å². The Labute approximate surface area is 124 Å². The molecular formula is C14H18N4O2S. The van der Waals surface area contributed by atoms with Gasteiger partial charge in [0.1, 0.15) is 5.82 Å². The Morgan fingerprint density at radius 3 is 2.38 bits per heavy atom. The van der Waals surface area contributed by atoms with Crippen LogP contribution in [0.2, 0.25) is 0 Å². The molecule has 0 atom stereocenters. The number of nitrogens with one attached hydrogen (secondary N) is 1. The summed E-state index contributed by atoms with van der Waals surface area (Å²) in [5, 5.41) is 3.09. The number of aromatic nitrogens is 2. The number of anilines is 3. The van der Waals surface area contributed by atoms with Crippen LogP contribution in [0.1, 0.15) is 5.56 Å². The molecule has 21 heavy (non-hydrogen) atoms. The average molecular weight is 306 g/mol. The van der Waals surface area contributed by atoms with Gasteiger partial charge < -0.3 is 10.2 Å². The highest BCUT2D eigenvalue weighted by Crippen LogP contribution is 2.16. The van der Waals surface area contributed by atoms with E-state index in [1.165, 1.54) is 6.26 Å². The first kappa shape index (κ1) is 15.2. The predicted molar refractivity (Wildman–Crippen MR) is 84.6 cm³/mol. The lowest BCUT2D eigenvalue weighted by Crippen LogP contribution is -2.11. The van der Waals surface area contributed by atoms with Gasteiger partial charge in [0.2, 0.25) is 5.95 Å². The minimum absolute atomic E-state index is 0.0416. The molecule has 1 aromatic heterocycles. The van der Waals surface area contributed by atoms with E-state index in [0.29, 0.717) is 5.95 Å². The normalized spacial score (nSPS) is 11.2. The molecular weight excluding hydrogens is 288 g/mol. The van der Waals surface area contributed by atoms with Crippen molar-refractivity contribution in [3.05, 3.63) is 42.1 Å². The lowest BCUT2D eigenvalue weighted by atomic mass is 10.2. The second-order valence-electron chi connectivity index (χ2n) is 5.02. The van der Waals surface area contributed by atoms with E-state index in [4.69, 9.17) is 0 Å². The summed E-state index contributed by atoms with van der Waals surface area (Å²) in [6.07, 6.45) is 2.91. The molecule has 6 nitrogen and oxygen atoms in total. The van der Waals surface area contributed by atoms with Gasteiger partial charge in [-0.15, -0.1) is 0 Å². The van der Waals surface area contributed by atoms with Crippen molar-refractivity contribution in [3.63, 3.8) is 0 Å². The zero-order chi connectivity index (χ0) is 15.5. The van der Waals surface area contributed by atoms with E-state index in [2.05, 4.69) is 15.3 Å². The first-order chi connectivity index (χ1) is 9.83. The Balaban J connectivity index is 2.12. The molecule has 0 saturated heterocycles. The number of hydrogen-bond donors (Lipinski definition) is 1. The van der Waals surface area contributed by atoms with E-state index in [1.54, 1.807) is 18.3 Å². The number of rotatable bonds is 5. The minimum atomic E-state index is -3.01. The first-order valence-corrected chi connectivity index (χ1v) is 8.43. The zero-order valence-electron chi connectivity index (χ0n) is 12.2. The quantitative estimate of drug-likeness (QED) is 0.908. The minimum Gasteiger partial charge on any atom is -0.363 e. The molecule has 0 spiro atoms. The van der Waals surface area contributed by atoms with E-state index in [9.17, 15) is 8.42 Å². The largest absolute Gasteiger partial charge is 0.363 e. The molecule has 112 valence electrons. The van der Waals surface area contributed by atoms with Crippen LogP contribution in [0.15, 0.2) is 36.5 Å². The van der Waals surface area contributed by atoms with Crippen LogP contribution < -0.4 is 10.2 Å². The second kappa shape index (κ2) is 6.09. The monoisotopic (exact) mass is 306 g/mol. The van der Waals surface area contributed by atoms with Gasteiger partial charge in [-0.25, -0.2) is 13.4 Å². The highest BCUT2D eigenvalue weighted by molar-refractivity contribution is 7.89. The van der Waals surface area contributed by atoms with E-state index < -0.39 is 9.84 Å². The summed E-state index contributed by atoms with van der Waals surface area (Å²) in [6.45, 7) is 0. The summed E-state index contributed by atoms with van der Waals surface area (Å²) < 4.78 is 22.5. The SMILES string of the molecule is CN(C)c1ccnc(Nc2ccc(CS(C)(=O)=O)cc2)n1. The van der Waals surface area contributed by atoms with Crippen LogP contribution in [0, 0.1) is 0 Å². The topological polar surface area (TPSA) is 75.2 Å². The average Bonchev–Trinajstić information content (AvgIpc) is 2.40. The van der Waals surface area contributed by atoms with E-state index >= 15 is 0 Å². The van der Waals surface area contributed by atoms with Crippen molar-refractivity contribution in [1.29, 1.82) is 0 Å². The van der Waals surface area contributed by atoms with Crippen molar-refractivity contribution in [2.24, 2.45) is 0 Å². The highest BCUT2D eigenvalue weighted by atomic mass is 32.2. The molecule has 2 rings (SSSR count). The number of sulfone groups is 1. The molecule has 7 heteroatoms. The van der Waals surface area contributed by atoms with Gasteiger partial charge in [0.05, 0.1) is 5.75 Å². The Hall–Kier alpha value is -2.15. The third kappa shape index (κ3) is 4.71. The molecule has 0 amide bonds. The molecule has 0 radical (unpaired) electrons. The first-order valence-electron chi connectivity index (χ1n) is 6.37. The lowest BCUT2D eigenvalue weighted by Gasteiger charge is -2.12. The van der Waals surface area contributed by atoms with Gasteiger partial charge in [-0.05, 0) is 23.8 Å². The van der Waals surface area contributed by atoms with Gasteiger partial charge in [0.25, 0.3) is 0 Å². The smallest absolute Gasteiger partial charge is 0.229 e. The van der Waals surface area contributed by atoms with Crippen molar-refractivity contribution in [2.45, 2.75) is 5.75 Å². The molecule has 0 saturated carbocycles. The van der Waals surface area contributed by atoms with Crippen LogP contribution in [0.3, 0.4) is 0 Å². The maximum absolute atomic E-state index is 11.2. The van der Waals surface area contributed by atoms with Gasteiger partial charge in [0, 0.05) is 32.2 Å². The maximum atomic E-state index is 11.2. The number of benzene rings is 1. The van der Waals surface area contributed by atoms with Crippen molar-refractivity contribution < 1.29 is 8.42 Å².